The molecule has 0 heterocycles. The van der Waals surface area contributed by atoms with E-state index in [2.05, 4.69) is 36.7 Å². The van der Waals surface area contributed by atoms with Crippen molar-refractivity contribution in [2.75, 3.05) is 26.0 Å². The van der Waals surface area contributed by atoms with Crippen molar-refractivity contribution in [1.29, 1.82) is 0 Å². The van der Waals surface area contributed by atoms with E-state index in [1.807, 2.05) is 30.3 Å². The average Bonchev–Trinajstić information content (AvgIpc) is 3.65. The molecule has 0 saturated heterocycles. The van der Waals surface area contributed by atoms with Crippen molar-refractivity contribution in [1.82, 2.24) is 5.32 Å². The van der Waals surface area contributed by atoms with Gasteiger partial charge in [0.05, 0.1) is 6.61 Å². The van der Waals surface area contributed by atoms with Crippen LogP contribution in [0.15, 0.2) is 48.6 Å². The predicted octanol–water partition coefficient (Wildman–Crippen LogP) is 5.59. The fraction of sp³-hybridized carbons (Fsp3) is 0.321. The smallest absolute Gasteiger partial charge is 0.251 e. The summed E-state index contributed by atoms with van der Waals surface area (Å²) in [7, 11) is 1.62. The summed E-state index contributed by atoms with van der Waals surface area (Å²) >= 11 is 0. The maximum Gasteiger partial charge on any atom is 0.251 e. The molecular formula is C28H34N2O2. The number of allylic oxidation sites excluding steroid dienone is 3. The number of nitrogens with one attached hydrogen (secondary N) is 1. The maximum atomic E-state index is 12.3. The summed E-state index contributed by atoms with van der Waals surface area (Å²) < 4.78 is 4.99. The SMILES string of the molecule is C=C(C1=C(c2c(C)ccc(N)c2C2C#C2)CCCC1)c1ccc(C(=O)NCCOC)cc1.[HH].[HH]. The van der Waals surface area contributed by atoms with Gasteiger partial charge >= 0.3 is 0 Å². The van der Waals surface area contributed by atoms with Crippen LogP contribution in [0.4, 0.5) is 5.69 Å². The number of methoxy groups -OCH3 is 1. The molecule has 0 radical (unpaired) electrons. The fourth-order valence-electron chi connectivity index (χ4n) is 4.52. The van der Waals surface area contributed by atoms with Crippen molar-refractivity contribution in [3.63, 3.8) is 0 Å². The lowest BCUT2D eigenvalue weighted by Gasteiger charge is -2.26. The Morgan fingerprint density at radius 3 is 2.53 bits per heavy atom. The van der Waals surface area contributed by atoms with E-state index in [0.29, 0.717) is 18.7 Å². The van der Waals surface area contributed by atoms with Gasteiger partial charge in [-0.3, -0.25) is 4.79 Å². The number of anilines is 1. The molecule has 0 aliphatic heterocycles. The molecule has 2 aromatic carbocycles. The van der Waals surface area contributed by atoms with Crippen LogP contribution in [-0.2, 0) is 4.74 Å². The number of nitrogens with two attached hydrogens (primary N) is 1. The quantitative estimate of drug-likeness (QED) is 0.326. The van der Waals surface area contributed by atoms with Crippen LogP contribution >= 0.6 is 0 Å². The fourth-order valence-corrected chi connectivity index (χ4v) is 4.52. The van der Waals surface area contributed by atoms with E-state index in [1.54, 1.807) is 7.11 Å². The van der Waals surface area contributed by atoms with E-state index in [0.717, 1.165) is 48.1 Å². The number of amides is 1. The Balaban J connectivity index is 0.00000204. The number of benzene rings is 2. The van der Waals surface area contributed by atoms with E-state index in [4.69, 9.17) is 10.5 Å². The highest BCUT2D eigenvalue weighted by Gasteiger charge is 2.27. The summed E-state index contributed by atoms with van der Waals surface area (Å²) in [6.45, 7) is 7.60. The molecular weight excluding hydrogens is 396 g/mol. The largest absolute Gasteiger partial charge is 0.398 e. The van der Waals surface area contributed by atoms with Gasteiger partial charge in [0.1, 0.15) is 5.92 Å². The summed E-state index contributed by atoms with van der Waals surface area (Å²) in [6, 6.07) is 11.8. The summed E-state index contributed by atoms with van der Waals surface area (Å²) in [5.74, 6) is 6.38. The molecule has 2 aliphatic carbocycles. The van der Waals surface area contributed by atoms with E-state index in [1.165, 1.54) is 22.3 Å². The van der Waals surface area contributed by atoms with Gasteiger partial charge in [-0.1, -0.05) is 36.6 Å². The molecule has 2 aromatic rings. The number of aryl methyl sites for hydroxylation is 1. The van der Waals surface area contributed by atoms with Gasteiger partial charge in [0.2, 0.25) is 0 Å². The molecule has 0 aromatic heterocycles. The standard InChI is InChI=1S/C28H30N2O2.2H2/c1-18-8-15-25(29)27(21-11-12-21)26(18)24-7-5-4-6-23(24)19(2)20-9-13-22(14-10-20)28(31)30-16-17-32-3;;/h8-10,13-15,21H,2,4-7,16-17,29H2,1,3H3,(H,30,31);2*1H. The topological polar surface area (TPSA) is 64.4 Å². The first-order valence-electron chi connectivity index (χ1n) is 11.2. The van der Waals surface area contributed by atoms with Gasteiger partial charge in [-0.2, -0.15) is 0 Å². The maximum absolute atomic E-state index is 12.3. The molecule has 2 aliphatic rings. The molecule has 0 unspecified atom stereocenters. The monoisotopic (exact) mass is 430 g/mol. The molecule has 0 atom stereocenters. The van der Waals surface area contributed by atoms with E-state index in [9.17, 15) is 4.79 Å². The molecule has 4 rings (SSSR count). The molecule has 4 heteroatoms. The number of hydrogen-bond donors (Lipinski definition) is 2. The number of carbonyl (C=O) groups excluding carboxylic acids is 1. The van der Waals surface area contributed by atoms with Gasteiger partial charge in [0, 0.05) is 33.3 Å². The van der Waals surface area contributed by atoms with Crippen LogP contribution in [0, 0.1) is 18.8 Å². The van der Waals surface area contributed by atoms with Gasteiger partial charge in [-0.05, 0) is 84.2 Å². The van der Waals surface area contributed by atoms with Gasteiger partial charge in [-0.15, -0.1) is 0 Å². The molecule has 3 N–H and O–H groups in total. The Morgan fingerprint density at radius 2 is 1.84 bits per heavy atom. The number of nitrogen functional groups attached to an aromatic ring is 1. The minimum absolute atomic E-state index is 0. The second-order valence-corrected chi connectivity index (χ2v) is 8.45. The third kappa shape index (κ3) is 4.49. The summed E-state index contributed by atoms with van der Waals surface area (Å²) in [4.78, 5) is 12.3. The highest BCUT2D eigenvalue weighted by molar-refractivity contribution is 5.96. The highest BCUT2D eigenvalue weighted by atomic mass is 16.5. The second-order valence-electron chi connectivity index (χ2n) is 8.45. The summed E-state index contributed by atoms with van der Waals surface area (Å²) in [6.07, 6.45) is 4.31. The lowest BCUT2D eigenvalue weighted by molar-refractivity contribution is 0.0937. The number of rotatable bonds is 8. The molecule has 4 nitrogen and oxygen atoms in total. The Labute approximate surface area is 193 Å². The summed E-state index contributed by atoms with van der Waals surface area (Å²) in [5, 5.41) is 2.86. The van der Waals surface area contributed by atoms with Crippen LogP contribution in [0.25, 0.3) is 11.1 Å². The van der Waals surface area contributed by atoms with Crippen LogP contribution < -0.4 is 11.1 Å². The molecule has 0 spiro atoms. The van der Waals surface area contributed by atoms with Crippen LogP contribution in [0.1, 0.15) is 67.1 Å². The first-order chi connectivity index (χ1) is 15.5. The molecule has 0 fully saturated rings. The highest BCUT2D eigenvalue weighted by Crippen LogP contribution is 2.44. The second kappa shape index (κ2) is 9.46. The van der Waals surface area contributed by atoms with Crippen molar-refractivity contribution in [3.8, 4) is 11.8 Å². The third-order valence-electron chi connectivity index (χ3n) is 6.29. The number of carbonyl (C=O) groups is 1. The molecule has 0 saturated carbocycles. The zero-order valence-electron chi connectivity index (χ0n) is 18.9. The average molecular weight is 431 g/mol. The lowest BCUT2D eigenvalue weighted by Crippen LogP contribution is -2.26. The van der Waals surface area contributed by atoms with Gasteiger partial charge < -0.3 is 15.8 Å². The van der Waals surface area contributed by atoms with Crippen molar-refractivity contribution in [3.05, 3.63) is 76.4 Å². The summed E-state index contributed by atoms with van der Waals surface area (Å²) in [5.41, 5.74) is 16.1. The van der Waals surface area contributed by atoms with Gasteiger partial charge in [-0.25, -0.2) is 0 Å². The predicted molar refractivity (Wildman–Crippen MR) is 135 cm³/mol. The number of ether oxygens (including phenoxy) is 1. The minimum atomic E-state index is -0.0961. The van der Waals surface area contributed by atoms with Gasteiger partial charge in [0.25, 0.3) is 5.91 Å². The Hall–Kier alpha value is -3.29. The normalized spacial score (nSPS) is 15.2. The van der Waals surface area contributed by atoms with E-state index in [-0.39, 0.29) is 14.7 Å². The Kier molecular flexibility index (Phi) is 6.48. The minimum Gasteiger partial charge on any atom is -0.398 e. The van der Waals surface area contributed by atoms with Crippen molar-refractivity contribution in [2.24, 2.45) is 0 Å². The zero-order valence-corrected chi connectivity index (χ0v) is 18.9. The Bertz CT molecular complexity index is 1150. The van der Waals surface area contributed by atoms with Crippen LogP contribution in [-0.4, -0.2) is 26.2 Å². The molecule has 32 heavy (non-hydrogen) atoms. The number of hydrogen-bond acceptors (Lipinski definition) is 3. The van der Waals surface area contributed by atoms with Crippen LogP contribution in [0.5, 0.6) is 0 Å². The van der Waals surface area contributed by atoms with Crippen LogP contribution in [0.2, 0.25) is 0 Å². The third-order valence-corrected chi connectivity index (χ3v) is 6.29. The lowest BCUT2D eigenvalue weighted by atomic mass is 9.78. The first-order valence-corrected chi connectivity index (χ1v) is 11.2. The molecule has 0 bridgehead atoms. The zero-order chi connectivity index (χ0) is 22.7. The van der Waals surface area contributed by atoms with Gasteiger partial charge in [0.15, 0.2) is 0 Å². The van der Waals surface area contributed by atoms with E-state index >= 15 is 0 Å². The van der Waals surface area contributed by atoms with Crippen LogP contribution in [0.3, 0.4) is 0 Å². The van der Waals surface area contributed by atoms with Crippen molar-refractivity contribution < 1.29 is 12.4 Å². The van der Waals surface area contributed by atoms with Crippen molar-refractivity contribution in [2.45, 2.75) is 38.5 Å². The van der Waals surface area contributed by atoms with Crippen molar-refractivity contribution >= 4 is 22.7 Å². The van der Waals surface area contributed by atoms with E-state index < -0.39 is 0 Å². The first kappa shape index (κ1) is 21.9. The molecule has 168 valence electrons. The Morgan fingerprint density at radius 1 is 1.16 bits per heavy atom. The molecule has 1 amide bonds.